The minimum Gasteiger partial charge on any atom is -0.339 e. The van der Waals surface area contributed by atoms with Gasteiger partial charge in [-0.1, -0.05) is 0 Å². The lowest BCUT2D eigenvalue weighted by Crippen LogP contribution is -2.46. The van der Waals surface area contributed by atoms with Crippen LogP contribution in [-0.2, 0) is 4.79 Å². The number of thioether (sulfide) groups is 1. The van der Waals surface area contributed by atoms with Crippen LogP contribution in [0.15, 0.2) is 0 Å². The molecule has 0 aromatic heterocycles. The van der Waals surface area contributed by atoms with Crippen molar-refractivity contribution in [2.75, 3.05) is 31.6 Å². The zero-order valence-corrected chi connectivity index (χ0v) is 9.90. The van der Waals surface area contributed by atoms with Gasteiger partial charge in [0.05, 0.1) is 5.75 Å². The molecule has 0 saturated carbocycles. The molecule has 0 radical (unpaired) electrons. The van der Waals surface area contributed by atoms with E-state index in [1.165, 1.54) is 0 Å². The third-order valence-corrected chi connectivity index (χ3v) is 3.21. The molecule has 1 aliphatic heterocycles. The Hall–Kier alpha value is -0.220. The van der Waals surface area contributed by atoms with Crippen LogP contribution in [0.4, 0.5) is 0 Å². The normalized spacial score (nSPS) is 18.1. The first-order valence-corrected chi connectivity index (χ1v) is 6.68. The first kappa shape index (κ1) is 11.9. The van der Waals surface area contributed by atoms with E-state index in [4.69, 9.17) is 0 Å². The molecule has 1 amide bonds. The molecule has 1 N–H and O–H groups in total. The molecule has 0 aliphatic carbocycles. The molecule has 1 fully saturated rings. The predicted octanol–water partition coefficient (Wildman–Crippen LogP) is 0.950. The van der Waals surface area contributed by atoms with Gasteiger partial charge in [-0.2, -0.15) is 11.8 Å². The van der Waals surface area contributed by atoms with E-state index in [0.717, 1.165) is 32.5 Å². The maximum Gasteiger partial charge on any atom is 0.232 e. The number of hydrogen-bond acceptors (Lipinski definition) is 3. The monoisotopic (exact) mass is 216 g/mol. The Labute approximate surface area is 90.6 Å². The Kier molecular flexibility index (Phi) is 5.33. The summed E-state index contributed by atoms with van der Waals surface area (Å²) in [6.45, 7) is 5.02. The number of amides is 1. The van der Waals surface area contributed by atoms with E-state index in [2.05, 4.69) is 12.2 Å². The lowest BCUT2D eigenvalue weighted by atomic mass is 10.0. The molecule has 0 atom stereocenters. The SMILES string of the molecule is CCN(C(=O)CSC)C1CCNCC1. The van der Waals surface area contributed by atoms with Crippen LogP contribution >= 0.6 is 11.8 Å². The molecule has 3 nitrogen and oxygen atoms in total. The van der Waals surface area contributed by atoms with E-state index in [-0.39, 0.29) is 0 Å². The zero-order valence-electron chi connectivity index (χ0n) is 9.08. The summed E-state index contributed by atoms with van der Waals surface area (Å²) < 4.78 is 0. The van der Waals surface area contributed by atoms with Crippen LogP contribution in [0.2, 0.25) is 0 Å². The number of nitrogens with one attached hydrogen (secondary N) is 1. The summed E-state index contributed by atoms with van der Waals surface area (Å²) in [6, 6.07) is 0.473. The molecule has 0 bridgehead atoms. The molecular weight excluding hydrogens is 196 g/mol. The van der Waals surface area contributed by atoms with Crippen LogP contribution in [0.1, 0.15) is 19.8 Å². The fourth-order valence-electron chi connectivity index (χ4n) is 1.96. The summed E-state index contributed by atoms with van der Waals surface area (Å²) in [5, 5.41) is 3.32. The van der Waals surface area contributed by atoms with E-state index in [0.29, 0.717) is 17.7 Å². The van der Waals surface area contributed by atoms with Crippen molar-refractivity contribution >= 4 is 17.7 Å². The second-order valence-electron chi connectivity index (χ2n) is 3.59. The Morgan fingerprint density at radius 3 is 2.64 bits per heavy atom. The summed E-state index contributed by atoms with van der Waals surface area (Å²) in [5.41, 5.74) is 0. The Morgan fingerprint density at radius 2 is 2.14 bits per heavy atom. The molecule has 14 heavy (non-hydrogen) atoms. The van der Waals surface area contributed by atoms with E-state index in [1.807, 2.05) is 11.2 Å². The molecule has 1 aliphatic rings. The van der Waals surface area contributed by atoms with Gasteiger partial charge in [-0.05, 0) is 39.1 Å². The number of hydrogen-bond donors (Lipinski definition) is 1. The lowest BCUT2D eigenvalue weighted by molar-refractivity contribution is -0.130. The zero-order chi connectivity index (χ0) is 10.4. The average Bonchev–Trinajstić information content (AvgIpc) is 2.21. The van der Waals surface area contributed by atoms with Crippen molar-refractivity contribution in [3.05, 3.63) is 0 Å². The molecule has 0 aromatic rings. The number of carbonyl (C=O) groups excluding carboxylic acids is 1. The average molecular weight is 216 g/mol. The van der Waals surface area contributed by atoms with E-state index in [1.54, 1.807) is 11.8 Å². The van der Waals surface area contributed by atoms with E-state index < -0.39 is 0 Å². The molecule has 4 heteroatoms. The lowest BCUT2D eigenvalue weighted by Gasteiger charge is -2.33. The third-order valence-electron chi connectivity index (χ3n) is 2.68. The summed E-state index contributed by atoms with van der Waals surface area (Å²) in [5.74, 6) is 0.921. The molecule has 0 aromatic carbocycles. The Morgan fingerprint density at radius 1 is 1.50 bits per heavy atom. The van der Waals surface area contributed by atoms with E-state index in [9.17, 15) is 4.79 Å². The highest BCUT2D eigenvalue weighted by Crippen LogP contribution is 2.12. The standard InChI is InChI=1S/C10H20N2OS/c1-3-12(10(13)8-14-2)9-4-6-11-7-5-9/h9,11H,3-8H2,1-2H3. The first-order chi connectivity index (χ1) is 6.79. The number of carbonyl (C=O) groups is 1. The van der Waals surface area contributed by atoms with Crippen LogP contribution in [0.5, 0.6) is 0 Å². The summed E-state index contributed by atoms with van der Waals surface area (Å²) in [6.07, 6.45) is 4.19. The summed E-state index contributed by atoms with van der Waals surface area (Å²) in [7, 11) is 0. The predicted molar refractivity (Wildman–Crippen MR) is 61.7 cm³/mol. The number of nitrogens with zero attached hydrogens (tertiary/aromatic N) is 1. The highest BCUT2D eigenvalue weighted by atomic mass is 32.2. The van der Waals surface area contributed by atoms with Gasteiger partial charge in [0.2, 0.25) is 5.91 Å². The third kappa shape index (κ3) is 3.17. The van der Waals surface area contributed by atoms with Crippen molar-refractivity contribution in [2.45, 2.75) is 25.8 Å². The van der Waals surface area contributed by atoms with Gasteiger partial charge >= 0.3 is 0 Å². The van der Waals surface area contributed by atoms with Gasteiger partial charge in [0.15, 0.2) is 0 Å². The van der Waals surface area contributed by atoms with Crippen LogP contribution < -0.4 is 5.32 Å². The molecule has 82 valence electrons. The van der Waals surface area contributed by atoms with E-state index >= 15 is 0 Å². The van der Waals surface area contributed by atoms with Crippen LogP contribution in [0, 0.1) is 0 Å². The van der Waals surface area contributed by atoms with Crippen molar-refractivity contribution in [2.24, 2.45) is 0 Å². The number of rotatable bonds is 4. The Bertz CT molecular complexity index is 181. The fraction of sp³-hybridized carbons (Fsp3) is 0.900. The Balaban J connectivity index is 2.46. The van der Waals surface area contributed by atoms with Crippen molar-refractivity contribution in [3.63, 3.8) is 0 Å². The summed E-state index contributed by atoms with van der Waals surface area (Å²) in [4.78, 5) is 13.8. The smallest absolute Gasteiger partial charge is 0.232 e. The molecule has 0 spiro atoms. The molecule has 0 unspecified atom stereocenters. The number of piperidine rings is 1. The maximum atomic E-state index is 11.8. The van der Waals surface area contributed by atoms with Gasteiger partial charge < -0.3 is 10.2 Å². The summed E-state index contributed by atoms with van der Waals surface area (Å²) >= 11 is 1.61. The largest absolute Gasteiger partial charge is 0.339 e. The quantitative estimate of drug-likeness (QED) is 0.759. The van der Waals surface area contributed by atoms with Gasteiger partial charge in [0.1, 0.15) is 0 Å². The highest BCUT2D eigenvalue weighted by Gasteiger charge is 2.23. The minimum atomic E-state index is 0.298. The van der Waals surface area contributed by atoms with Crippen LogP contribution in [-0.4, -0.2) is 48.5 Å². The van der Waals surface area contributed by atoms with Crippen molar-refractivity contribution in [1.29, 1.82) is 0 Å². The van der Waals surface area contributed by atoms with Gasteiger partial charge in [0, 0.05) is 12.6 Å². The molecular formula is C10H20N2OS. The molecule has 1 heterocycles. The van der Waals surface area contributed by atoms with Crippen LogP contribution in [0.3, 0.4) is 0 Å². The van der Waals surface area contributed by atoms with Gasteiger partial charge in [-0.25, -0.2) is 0 Å². The minimum absolute atomic E-state index is 0.298. The van der Waals surface area contributed by atoms with Crippen molar-refractivity contribution in [1.82, 2.24) is 10.2 Å². The van der Waals surface area contributed by atoms with Crippen molar-refractivity contribution < 1.29 is 4.79 Å². The fourth-order valence-corrected chi connectivity index (χ4v) is 2.38. The highest BCUT2D eigenvalue weighted by molar-refractivity contribution is 7.99. The molecule has 1 rings (SSSR count). The molecule has 1 saturated heterocycles. The second-order valence-corrected chi connectivity index (χ2v) is 4.46. The van der Waals surface area contributed by atoms with Gasteiger partial charge in [-0.15, -0.1) is 0 Å². The van der Waals surface area contributed by atoms with Gasteiger partial charge in [-0.3, -0.25) is 4.79 Å². The first-order valence-electron chi connectivity index (χ1n) is 5.28. The maximum absolute atomic E-state index is 11.8. The van der Waals surface area contributed by atoms with Crippen molar-refractivity contribution in [3.8, 4) is 0 Å². The topological polar surface area (TPSA) is 32.3 Å². The second kappa shape index (κ2) is 6.30. The van der Waals surface area contributed by atoms with Crippen LogP contribution in [0.25, 0.3) is 0 Å². The van der Waals surface area contributed by atoms with Gasteiger partial charge in [0.25, 0.3) is 0 Å².